The zero-order valence-corrected chi connectivity index (χ0v) is 89.8. The Hall–Kier alpha value is -13.6. The maximum absolute atomic E-state index is 10.0. The third kappa shape index (κ3) is 23.0. The van der Waals surface area contributed by atoms with Gasteiger partial charge >= 0.3 is 40.2 Å². The van der Waals surface area contributed by atoms with Gasteiger partial charge in [-0.2, -0.15) is 23.4 Å². The van der Waals surface area contributed by atoms with E-state index in [1.54, 1.807) is 5.56 Å². The first-order valence-corrected chi connectivity index (χ1v) is 47.6. The molecule has 10 heterocycles. The van der Waals surface area contributed by atoms with Crippen LogP contribution in [0.25, 0.3) is 117 Å². The predicted octanol–water partition coefficient (Wildman–Crippen LogP) is 29.7. The number of fused-ring (bicyclic) bond motifs is 3. The number of aliphatic hydroxyl groups is 1. The second-order valence-corrected chi connectivity index (χ2v) is 37.2. The molecule has 15 heteroatoms. The van der Waals surface area contributed by atoms with E-state index in [1.807, 2.05) is 140 Å². The van der Waals surface area contributed by atoms with Gasteiger partial charge in [0.05, 0.1) is 17.1 Å². The van der Waals surface area contributed by atoms with Crippen molar-refractivity contribution in [1.82, 2.24) is 29.5 Å². The standard InChI is InChI=1S/C23H18N2O.C22H20N.C21H23N2.C19H15N.C18H15N2.C18H16N.C5H8O2.3Ir/c1-23(2)14-7-5-11-18-20(14)21-16(9-6-12-19(21)26-18)25-13-24(3)17-10-4-8-15(23)22(17)25;1-2-14-23-15-20-18-10-8-16-4-6-17(7-5-16)9-11-19(13-12-18)22(20)21(23)3-1;1-15(2)18-11-8-12-19(16(3)4)20(18)23-14-13-22-21(23)17-9-6-5-7-10-17;1-14-13-15(2)19(17-11-7-4-8-12-17)20-18(14)16-9-5-3-6-10-16;1-13-11-14(2)16(18-8-4-6-10-20-18)12-15(13)17-7-3-5-9-19-17;1-12-4-5-17-15(9-12)6-7-19-18(17)16-10-13(2)8-14(3)11-16;1-4(6)3-5(2)7;;;/h4-8,10-13H,1-3H3;1-7,12-14H,8-11,15H2;5-9,11-16H,1-4H3;3-9,11,13H,1-2H3;3-11H,1-2H3;4-10H,1-3H3;3,6H,1-2H3;;;/q-2;+1;-1;-2;2*-1;;;2*+3. The predicted molar refractivity (Wildman–Crippen MR) is 565 cm³/mol. The topological polar surface area (TPSA) is 130 Å². The second-order valence-electron chi connectivity index (χ2n) is 37.2. The van der Waals surface area contributed by atoms with Crippen LogP contribution in [0.3, 0.4) is 0 Å². The van der Waals surface area contributed by atoms with E-state index in [0.717, 1.165) is 128 Å². The van der Waals surface area contributed by atoms with Gasteiger partial charge in [-0.05, 0) is 193 Å². The monoisotopic (exact) mass is 2380 g/mol. The molecule has 0 unspecified atom stereocenters. The molecule has 3 aliphatic heterocycles. The molecule has 709 valence electrons. The summed E-state index contributed by atoms with van der Waals surface area (Å²) in [6, 6.07) is 117. The molecule has 0 saturated carbocycles. The Balaban J connectivity index is 0.000000133. The van der Waals surface area contributed by atoms with Gasteiger partial charge in [-0.3, -0.25) is 19.7 Å². The number of benzene rings is 12. The Morgan fingerprint density at radius 3 is 1.67 bits per heavy atom. The van der Waals surface area contributed by atoms with Crippen LogP contribution in [-0.4, -0.2) is 47.4 Å². The largest absolute Gasteiger partial charge is 3.00 e. The number of carbonyl (C=O) groups is 1. The van der Waals surface area contributed by atoms with Gasteiger partial charge in [-0.1, -0.05) is 236 Å². The number of pyridine rings is 5. The second kappa shape index (κ2) is 46.2. The minimum atomic E-state index is -0.146. The van der Waals surface area contributed by atoms with Crippen LogP contribution in [0.2, 0.25) is 0 Å². The first-order valence-electron chi connectivity index (χ1n) is 47.6. The van der Waals surface area contributed by atoms with Crippen molar-refractivity contribution in [2.75, 3.05) is 16.8 Å². The Morgan fingerprint density at radius 2 is 1.09 bits per heavy atom. The van der Waals surface area contributed by atoms with Crippen LogP contribution in [0.5, 0.6) is 0 Å². The number of imidazole rings is 1. The van der Waals surface area contributed by atoms with Gasteiger partial charge in [0, 0.05) is 114 Å². The molecule has 0 saturated heterocycles. The van der Waals surface area contributed by atoms with Gasteiger partial charge in [0.25, 0.3) is 0 Å². The maximum atomic E-state index is 10.0. The smallest absolute Gasteiger partial charge is 0.512 e. The Bertz CT molecular complexity index is 7350. The normalized spacial score (nSPS) is 12.5. The van der Waals surface area contributed by atoms with Crippen molar-refractivity contribution in [3.8, 4) is 84.6 Å². The summed E-state index contributed by atoms with van der Waals surface area (Å²) in [7, 11) is 2.10. The molecule has 12 nitrogen and oxygen atoms in total. The van der Waals surface area contributed by atoms with Gasteiger partial charge in [-0.15, -0.1) is 172 Å². The van der Waals surface area contributed by atoms with Crippen LogP contribution in [0.4, 0.5) is 17.1 Å². The number of furan rings is 1. The number of nitrogens with zero attached hydrogens (tertiary/aromatic N) is 9. The Labute approximate surface area is 872 Å². The van der Waals surface area contributed by atoms with E-state index >= 15 is 0 Å². The minimum Gasteiger partial charge on any atom is -0.512 e. The van der Waals surface area contributed by atoms with Crippen LogP contribution >= 0.6 is 0 Å². The fourth-order valence-corrected chi connectivity index (χ4v) is 19.4. The van der Waals surface area contributed by atoms with E-state index in [2.05, 4.69) is 355 Å². The van der Waals surface area contributed by atoms with Gasteiger partial charge in [0.15, 0.2) is 18.5 Å². The van der Waals surface area contributed by atoms with Gasteiger partial charge in [0.1, 0.15) is 5.58 Å². The molecule has 141 heavy (non-hydrogen) atoms. The van der Waals surface area contributed by atoms with Crippen LogP contribution in [0.1, 0.15) is 156 Å². The van der Waals surface area contributed by atoms with Crippen molar-refractivity contribution < 1.29 is 79.2 Å². The molecule has 0 fully saturated rings. The van der Waals surface area contributed by atoms with Crippen molar-refractivity contribution in [3.05, 3.63) is 460 Å². The number of hydrogen-bond acceptors (Lipinski definition) is 10. The molecule has 1 radical (unpaired) electrons. The molecule has 4 bridgehead atoms. The van der Waals surface area contributed by atoms with Crippen molar-refractivity contribution >= 4 is 55.6 Å². The minimum absolute atomic E-state index is 0. The first kappa shape index (κ1) is 103. The van der Waals surface area contributed by atoms with E-state index in [1.165, 1.54) is 142 Å². The molecular formula is C126H115Ir3N9O3. The van der Waals surface area contributed by atoms with Crippen LogP contribution in [-0.2, 0) is 103 Å². The number of aromatic nitrogens is 7. The van der Waals surface area contributed by atoms with Crippen LogP contribution in [0, 0.1) is 91.5 Å². The fraction of sp³-hybridized carbons (Fsp3) is 0.190. The molecule has 19 aromatic rings. The number of para-hydroxylation sites is 2. The van der Waals surface area contributed by atoms with Crippen molar-refractivity contribution in [1.29, 1.82) is 0 Å². The quantitative estimate of drug-likeness (QED) is 0.0611. The molecule has 0 atom stereocenters. The summed E-state index contributed by atoms with van der Waals surface area (Å²) < 4.78 is 10.8. The summed E-state index contributed by atoms with van der Waals surface area (Å²) >= 11 is 0. The molecule has 7 aliphatic rings. The number of allylic oxidation sites excluding steroid dienone is 2. The summed E-state index contributed by atoms with van der Waals surface area (Å²) in [5, 5.41) is 13.1. The van der Waals surface area contributed by atoms with Crippen molar-refractivity contribution in [2.24, 2.45) is 0 Å². The maximum Gasteiger partial charge on any atom is 3.00 e. The summed E-state index contributed by atoms with van der Waals surface area (Å²) in [6.45, 7) is 34.3. The van der Waals surface area contributed by atoms with E-state index in [0.29, 0.717) is 11.8 Å². The number of hydrogen-bond donors (Lipinski definition) is 1. The Kier molecular flexibility index (Phi) is 33.9. The molecule has 26 rings (SSSR count). The number of ketones is 1. The number of carbonyl (C=O) groups excluding carboxylic acids is 1. The number of rotatable bonds is 10. The molecule has 0 amide bonds. The van der Waals surface area contributed by atoms with Gasteiger partial charge in [0.2, 0.25) is 5.69 Å². The molecule has 12 aromatic carbocycles. The zero-order chi connectivity index (χ0) is 96.4. The molecule has 1 N–H and O–H groups in total. The van der Waals surface area contributed by atoms with E-state index in [-0.39, 0.29) is 77.3 Å². The summed E-state index contributed by atoms with van der Waals surface area (Å²) in [5.41, 5.74) is 41.7. The molecular weight excluding hydrogens is 2260 g/mol. The van der Waals surface area contributed by atoms with Crippen molar-refractivity contribution in [3.63, 3.8) is 0 Å². The number of anilines is 3. The fourth-order valence-electron chi connectivity index (χ4n) is 19.4. The van der Waals surface area contributed by atoms with Gasteiger partial charge < -0.3 is 33.9 Å². The van der Waals surface area contributed by atoms with E-state index in [9.17, 15) is 4.79 Å². The molecule has 4 aliphatic carbocycles. The van der Waals surface area contributed by atoms with Crippen LogP contribution in [0.15, 0.2) is 332 Å². The van der Waals surface area contributed by atoms with E-state index in [4.69, 9.17) is 14.5 Å². The van der Waals surface area contributed by atoms with Crippen LogP contribution < -0.4 is 14.4 Å². The SMILES string of the molecule is CC(=O)C=C(C)O.CC(C)c1cccc(C(C)C)c1-n1ccnc1-c1[c-]cccc1.CN1[CH-]N2c3c1cccc3C(C)(C)c1cccc3oc4cc[c-]c2c4c13.Cc1[c-]c(-c2nccc3cc(C)ccc23)cc(C)c1.Cc1cc(C)c(-c2[c-]cccc2)nc1-c1[c-]cccc1.Cc1cc(C)c(-c2ccccn2)[c-]c1-c1ccccn1.[Ir+3].[Ir+3].[Ir].c1cc[n+]2c(c1)-c1c3ccc(c1C2)CCc1ccc(cc1)CC3. The molecule has 7 aromatic heterocycles. The Morgan fingerprint density at radius 1 is 0.504 bits per heavy atom. The van der Waals surface area contributed by atoms with Gasteiger partial charge in [-0.25, -0.2) is 0 Å². The first-order chi connectivity index (χ1) is 66.8. The third-order valence-corrected chi connectivity index (χ3v) is 25.9. The average molecular weight is 2380 g/mol. The average Bonchev–Trinajstić information content (AvgIpc) is 1.50. The summed E-state index contributed by atoms with van der Waals surface area (Å²) in [6.07, 6.45) is 17.3. The summed E-state index contributed by atoms with van der Waals surface area (Å²) in [4.78, 5) is 37.3. The molecule has 0 spiro atoms. The number of aryl methyl sites for hydroxylation is 11. The summed E-state index contributed by atoms with van der Waals surface area (Å²) in [5.74, 6) is 1.80. The number of aliphatic hydroxyl groups excluding tert-OH is 1. The zero-order valence-electron chi connectivity index (χ0n) is 82.7. The third-order valence-electron chi connectivity index (χ3n) is 25.9. The van der Waals surface area contributed by atoms with Crippen molar-refractivity contribution in [2.45, 2.75) is 153 Å². The van der Waals surface area contributed by atoms with E-state index < -0.39 is 0 Å².